The van der Waals surface area contributed by atoms with E-state index in [9.17, 15) is 0 Å². The summed E-state index contributed by atoms with van der Waals surface area (Å²) in [6.45, 7) is 4.38. The second kappa shape index (κ2) is 5.01. The number of anilines is 1. The zero-order valence-corrected chi connectivity index (χ0v) is 11.3. The van der Waals surface area contributed by atoms with Crippen LogP contribution in [0.5, 0.6) is 0 Å². The molecule has 0 radical (unpaired) electrons. The van der Waals surface area contributed by atoms with E-state index in [0.717, 1.165) is 19.5 Å². The maximum absolute atomic E-state index is 4.93. The van der Waals surface area contributed by atoms with Crippen LogP contribution in [0.15, 0.2) is 22.7 Å². The summed E-state index contributed by atoms with van der Waals surface area (Å²) < 4.78 is 4.93. The van der Waals surface area contributed by atoms with Gasteiger partial charge in [0.05, 0.1) is 6.54 Å². The van der Waals surface area contributed by atoms with Crippen LogP contribution in [0.4, 0.5) is 5.69 Å². The molecule has 1 aromatic heterocycles. The lowest BCUT2D eigenvalue weighted by molar-refractivity contribution is 0.385. The van der Waals surface area contributed by atoms with E-state index in [1.807, 2.05) is 0 Å². The van der Waals surface area contributed by atoms with Crippen molar-refractivity contribution in [2.24, 2.45) is 0 Å². The fourth-order valence-electron chi connectivity index (χ4n) is 2.46. The first kappa shape index (κ1) is 12.2. The fraction of sp³-hybridized carbons (Fsp3) is 0.429. The lowest BCUT2D eigenvalue weighted by Crippen LogP contribution is -2.14. The second-order valence-electron chi connectivity index (χ2n) is 4.97. The maximum Gasteiger partial charge on any atom is 0.223 e. The first-order valence-corrected chi connectivity index (χ1v) is 6.55. The van der Waals surface area contributed by atoms with Crippen molar-refractivity contribution in [1.29, 1.82) is 0 Å². The van der Waals surface area contributed by atoms with Gasteiger partial charge < -0.3 is 14.7 Å². The molecule has 5 heteroatoms. The molecule has 0 aliphatic carbocycles. The van der Waals surface area contributed by atoms with Gasteiger partial charge in [-0.3, -0.25) is 0 Å². The molecule has 1 aliphatic heterocycles. The number of hydrogen-bond acceptors (Lipinski definition) is 5. The number of nitrogens with zero attached hydrogens (tertiary/aromatic N) is 3. The van der Waals surface area contributed by atoms with Crippen molar-refractivity contribution in [3.8, 4) is 0 Å². The quantitative estimate of drug-likeness (QED) is 0.904. The smallest absolute Gasteiger partial charge is 0.223 e. The summed E-state index contributed by atoms with van der Waals surface area (Å²) in [5, 5.41) is 7.19. The molecule has 1 aliphatic rings. The monoisotopic (exact) mass is 258 g/mol. The highest BCUT2D eigenvalue weighted by atomic mass is 16.5. The van der Waals surface area contributed by atoms with Crippen molar-refractivity contribution in [3.63, 3.8) is 0 Å². The molecule has 0 fully saturated rings. The van der Waals surface area contributed by atoms with E-state index < -0.39 is 0 Å². The van der Waals surface area contributed by atoms with Gasteiger partial charge in [0.1, 0.15) is 0 Å². The molecule has 1 N–H and O–H groups in total. The third-order valence-electron chi connectivity index (χ3n) is 3.45. The summed E-state index contributed by atoms with van der Waals surface area (Å²) in [5.41, 5.74) is 4.10. The molecule has 2 aromatic rings. The molecule has 100 valence electrons. The van der Waals surface area contributed by atoms with E-state index in [1.54, 1.807) is 6.92 Å². The summed E-state index contributed by atoms with van der Waals surface area (Å²) in [6, 6.07) is 6.67. The van der Waals surface area contributed by atoms with Crippen LogP contribution in [0.25, 0.3) is 0 Å². The highest BCUT2D eigenvalue weighted by molar-refractivity contribution is 5.58. The predicted octanol–water partition coefficient (Wildman–Crippen LogP) is 1.66. The zero-order chi connectivity index (χ0) is 13.2. The highest BCUT2D eigenvalue weighted by Crippen LogP contribution is 2.27. The normalized spacial score (nSPS) is 13.9. The van der Waals surface area contributed by atoms with Crippen molar-refractivity contribution < 1.29 is 4.52 Å². The molecular weight excluding hydrogens is 240 g/mol. The minimum Gasteiger partial charge on any atom is -0.374 e. The molecular formula is C14H18N4O. The van der Waals surface area contributed by atoms with Crippen LogP contribution in [0, 0.1) is 6.92 Å². The molecule has 0 unspecified atom stereocenters. The van der Waals surface area contributed by atoms with Crippen molar-refractivity contribution in [2.45, 2.75) is 26.4 Å². The van der Waals surface area contributed by atoms with E-state index in [-0.39, 0.29) is 0 Å². The summed E-state index contributed by atoms with van der Waals surface area (Å²) in [6.07, 6.45) is 1.14. The first-order chi connectivity index (χ1) is 9.22. The van der Waals surface area contributed by atoms with Gasteiger partial charge in [-0.15, -0.1) is 0 Å². The predicted molar refractivity (Wildman–Crippen MR) is 73.0 cm³/mol. The number of benzene rings is 1. The molecule has 0 bridgehead atoms. The van der Waals surface area contributed by atoms with Gasteiger partial charge in [0.2, 0.25) is 5.89 Å². The minimum absolute atomic E-state index is 0.609. The van der Waals surface area contributed by atoms with Crippen LogP contribution in [-0.2, 0) is 19.5 Å². The van der Waals surface area contributed by atoms with Gasteiger partial charge in [0.25, 0.3) is 0 Å². The number of fused-ring (bicyclic) bond motifs is 1. The van der Waals surface area contributed by atoms with Crippen LogP contribution in [0.3, 0.4) is 0 Å². The number of aryl methyl sites for hydroxylation is 1. The van der Waals surface area contributed by atoms with E-state index in [0.29, 0.717) is 18.3 Å². The Labute approximate surface area is 112 Å². The van der Waals surface area contributed by atoms with Gasteiger partial charge in [-0.05, 0) is 23.6 Å². The molecule has 0 atom stereocenters. The van der Waals surface area contributed by atoms with Gasteiger partial charge in [-0.25, -0.2) is 0 Å². The Balaban J connectivity index is 1.59. The zero-order valence-electron chi connectivity index (χ0n) is 11.3. The van der Waals surface area contributed by atoms with E-state index in [4.69, 9.17) is 4.52 Å². The minimum atomic E-state index is 0.609. The van der Waals surface area contributed by atoms with Gasteiger partial charge >= 0.3 is 0 Å². The molecule has 1 aromatic carbocycles. The van der Waals surface area contributed by atoms with Gasteiger partial charge in [0, 0.05) is 32.7 Å². The summed E-state index contributed by atoms with van der Waals surface area (Å²) in [7, 11) is 2.14. The van der Waals surface area contributed by atoms with Crippen LogP contribution in [0.2, 0.25) is 0 Å². The molecule has 0 amide bonds. The largest absolute Gasteiger partial charge is 0.374 e. The Kier molecular flexibility index (Phi) is 3.21. The lowest BCUT2D eigenvalue weighted by atomic mass is 10.1. The second-order valence-corrected chi connectivity index (χ2v) is 4.97. The number of hydrogen-bond donors (Lipinski definition) is 1. The van der Waals surface area contributed by atoms with Crippen LogP contribution < -0.4 is 10.2 Å². The summed E-state index contributed by atoms with van der Waals surface area (Å²) in [4.78, 5) is 6.46. The van der Waals surface area contributed by atoms with Crippen molar-refractivity contribution in [1.82, 2.24) is 15.5 Å². The van der Waals surface area contributed by atoms with Crippen LogP contribution in [-0.4, -0.2) is 23.7 Å². The lowest BCUT2D eigenvalue weighted by Gasteiger charge is -2.12. The third-order valence-corrected chi connectivity index (χ3v) is 3.45. The molecule has 3 rings (SSSR count). The topological polar surface area (TPSA) is 54.2 Å². The Morgan fingerprint density at radius 2 is 2.26 bits per heavy atom. The van der Waals surface area contributed by atoms with E-state index in [1.165, 1.54) is 16.8 Å². The molecule has 2 heterocycles. The molecule has 19 heavy (non-hydrogen) atoms. The average Bonchev–Trinajstić information content (AvgIpc) is 2.97. The molecule has 0 spiro atoms. The van der Waals surface area contributed by atoms with Crippen molar-refractivity contribution in [2.75, 3.05) is 18.5 Å². The fourth-order valence-corrected chi connectivity index (χ4v) is 2.46. The van der Waals surface area contributed by atoms with Gasteiger partial charge in [0.15, 0.2) is 5.82 Å². The van der Waals surface area contributed by atoms with Gasteiger partial charge in [-0.1, -0.05) is 17.3 Å². The standard InChI is InChI=1S/C14H18N4O/c1-10-16-14(17-19-10)9-15-8-11-3-4-13-12(7-11)5-6-18(13)2/h3-4,7,15H,5-6,8-9H2,1-2H3. The number of aromatic nitrogens is 2. The Morgan fingerprint density at radius 3 is 3.05 bits per heavy atom. The number of likely N-dealkylation sites (N-methyl/N-ethyl adjacent to an activating group) is 1. The average molecular weight is 258 g/mol. The van der Waals surface area contributed by atoms with Crippen molar-refractivity contribution in [3.05, 3.63) is 41.0 Å². The Morgan fingerprint density at radius 1 is 1.37 bits per heavy atom. The summed E-state index contributed by atoms with van der Waals surface area (Å²) in [5.74, 6) is 1.32. The van der Waals surface area contributed by atoms with Gasteiger partial charge in [-0.2, -0.15) is 4.98 Å². The molecule has 5 nitrogen and oxygen atoms in total. The molecule has 0 saturated carbocycles. The molecule has 0 saturated heterocycles. The Hall–Kier alpha value is -1.88. The van der Waals surface area contributed by atoms with E-state index >= 15 is 0 Å². The maximum atomic E-state index is 4.93. The summed E-state index contributed by atoms with van der Waals surface area (Å²) >= 11 is 0. The van der Waals surface area contributed by atoms with Crippen molar-refractivity contribution >= 4 is 5.69 Å². The van der Waals surface area contributed by atoms with Crippen LogP contribution in [0.1, 0.15) is 22.8 Å². The first-order valence-electron chi connectivity index (χ1n) is 6.55. The highest BCUT2D eigenvalue weighted by Gasteiger charge is 2.15. The number of rotatable bonds is 4. The third kappa shape index (κ3) is 2.61. The number of nitrogens with one attached hydrogen (secondary N) is 1. The van der Waals surface area contributed by atoms with Crippen LogP contribution >= 0.6 is 0 Å². The Bertz CT molecular complexity index is 579. The SMILES string of the molecule is Cc1nc(CNCc2ccc3c(c2)CCN3C)no1. The van der Waals surface area contributed by atoms with E-state index in [2.05, 4.69) is 45.6 Å².